The fourth-order valence-corrected chi connectivity index (χ4v) is 1.47. The van der Waals surface area contributed by atoms with E-state index in [1.807, 2.05) is 0 Å². The number of anilines is 1. The Kier molecular flexibility index (Phi) is 2.39. The molecule has 1 unspecified atom stereocenters. The summed E-state index contributed by atoms with van der Waals surface area (Å²) in [5.74, 6) is 0.758. The largest absolute Gasteiger partial charge is 0.462 e. The molecule has 1 aliphatic rings. The number of pyridine rings is 1. The van der Waals surface area contributed by atoms with Gasteiger partial charge in [-0.05, 0) is 35.1 Å². The van der Waals surface area contributed by atoms with Crippen LogP contribution in [0.4, 0.5) is 5.82 Å². The van der Waals surface area contributed by atoms with Crippen LogP contribution in [0.15, 0.2) is 16.7 Å². The minimum atomic E-state index is -0.648. The van der Waals surface area contributed by atoms with Gasteiger partial charge in [-0.3, -0.25) is 10.1 Å². The van der Waals surface area contributed by atoms with Crippen molar-refractivity contribution >= 4 is 27.7 Å². The topological polar surface area (TPSA) is 63.2 Å². The van der Waals surface area contributed by atoms with Gasteiger partial charge >= 0.3 is 0 Å². The minimum absolute atomic E-state index is 0.245. The van der Waals surface area contributed by atoms with Crippen LogP contribution in [0.5, 0.6) is 5.75 Å². The monoisotopic (exact) mass is 257 g/mol. The van der Waals surface area contributed by atoms with E-state index in [2.05, 4.69) is 31.5 Å². The van der Waals surface area contributed by atoms with Crippen LogP contribution >= 0.6 is 15.9 Å². The number of ether oxygens (including phenoxy) is 1. The molecule has 5 nitrogen and oxygen atoms in total. The first-order chi connectivity index (χ1) is 6.70. The highest BCUT2D eigenvalue weighted by Gasteiger charge is 2.26. The van der Waals surface area contributed by atoms with Crippen LogP contribution in [-0.2, 0) is 4.79 Å². The number of halogens is 1. The zero-order chi connectivity index (χ0) is 10.1. The molecular formula is C8H8BrN3O2. The molecule has 1 atom stereocenters. The average molecular weight is 258 g/mol. The van der Waals surface area contributed by atoms with Gasteiger partial charge in [-0.25, -0.2) is 4.98 Å². The van der Waals surface area contributed by atoms with Crippen molar-refractivity contribution in [2.24, 2.45) is 0 Å². The number of hydrogen-bond acceptors (Lipinski definition) is 4. The highest BCUT2D eigenvalue weighted by molar-refractivity contribution is 9.10. The van der Waals surface area contributed by atoms with Crippen molar-refractivity contribution in [3.05, 3.63) is 16.7 Å². The molecule has 0 radical (unpaired) electrons. The summed E-state index contributed by atoms with van der Waals surface area (Å²) in [5, 5.41) is 5.37. The number of nitrogens with one attached hydrogen (secondary N) is 2. The molecule has 2 N–H and O–H groups in total. The first-order valence-corrected chi connectivity index (χ1v) is 4.81. The fourth-order valence-electron chi connectivity index (χ4n) is 1.16. The second kappa shape index (κ2) is 3.55. The van der Waals surface area contributed by atoms with E-state index in [1.54, 1.807) is 19.2 Å². The maximum atomic E-state index is 11.3. The smallest absolute Gasteiger partial charge is 0.282 e. The number of rotatable bonds is 1. The number of amides is 1. The SMILES string of the molecule is CNC1Oc2ccc(Br)nc2NC1=O. The maximum Gasteiger partial charge on any atom is 0.282 e. The van der Waals surface area contributed by atoms with Gasteiger partial charge in [-0.1, -0.05) is 0 Å². The Morgan fingerprint density at radius 1 is 1.64 bits per heavy atom. The second-order valence-electron chi connectivity index (χ2n) is 2.76. The Labute approximate surface area is 89.0 Å². The molecule has 1 amide bonds. The quantitative estimate of drug-likeness (QED) is 0.728. The van der Waals surface area contributed by atoms with Crippen LogP contribution in [-0.4, -0.2) is 24.2 Å². The van der Waals surface area contributed by atoms with Crippen LogP contribution < -0.4 is 15.4 Å². The third-order valence-electron chi connectivity index (χ3n) is 1.81. The Bertz CT molecular complexity index is 383. The zero-order valence-electron chi connectivity index (χ0n) is 7.37. The van der Waals surface area contributed by atoms with Gasteiger partial charge in [-0.2, -0.15) is 0 Å². The standard InChI is InChI=1S/C8H8BrN3O2/c1-10-8-7(13)12-6-4(14-8)2-3-5(9)11-6/h2-3,8,10H,1H3,(H,11,12,13). The molecule has 0 aromatic carbocycles. The number of likely N-dealkylation sites (N-methyl/N-ethyl adjacent to an activating group) is 1. The van der Waals surface area contributed by atoms with Gasteiger partial charge in [0.05, 0.1) is 0 Å². The van der Waals surface area contributed by atoms with Crippen molar-refractivity contribution in [3.8, 4) is 5.75 Å². The molecular weight excluding hydrogens is 250 g/mol. The van der Waals surface area contributed by atoms with Crippen molar-refractivity contribution < 1.29 is 9.53 Å². The molecule has 2 rings (SSSR count). The predicted octanol–water partition coefficient (Wildman–Crippen LogP) is 0.720. The second-order valence-corrected chi connectivity index (χ2v) is 3.57. The van der Waals surface area contributed by atoms with Crippen molar-refractivity contribution in [2.45, 2.75) is 6.23 Å². The van der Waals surface area contributed by atoms with E-state index in [-0.39, 0.29) is 5.91 Å². The number of fused-ring (bicyclic) bond motifs is 1. The Morgan fingerprint density at radius 2 is 2.43 bits per heavy atom. The molecule has 2 heterocycles. The molecule has 0 spiro atoms. The van der Waals surface area contributed by atoms with Gasteiger partial charge in [0, 0.05) is 0 Å². The van der Waals surface area contributed by atoms with E-state index < -0.39 is 6.23 Å². The lowest BCUT2D eigenvalue weighted by atomic mass is 10.3. The highest BCUT2D eigenvalue weighted by Crippen LogP contribution is 2.28. The van der Waals surface area contributed by atoms with Gasteiger partial charge in [0.2, 0.25) is 6.23 Å². The fraction of sp³-hybridized carbons (Fsp3) is 0.250. The predicted molar refractivity (Wildman–Crippen MR) is 54.0 cm³/mol. The summed E-state index contributed by atoms with van der Waals surface area (Å²) in [6.07, 6.45) is -0.648. The van der Waals surface area contributed by atoms with E-state index in [9.17, 15) is 4.79 Å². The molecule has 0 fully saturated rings. The zero-order valence-corrected chi connectivity index (χ0v) is 8.96. The van der Waals surface area contributed by atoms with Gasteiger partial charge < -0.3 is 10.1 Å². The molecule has 1 aliphatic heterocycles. The number of carbonyl (C=O) groups is 1. The molecule has 0 bridgehead atoms. The lowest BCUT2D eigenvalue weighted by Gasteiger charge is -2.24. The summed E-state index contributed by atoms with van der Waals surface area (Å²) in [6, 6.07) is 3.50. The van der Waals surface area contributed by atoms with Crippen molar-refractivity contribution in [1.82, 2.24) is 10.3 Å². The minimum Gasteiger partial charge on any atom is -0.462 e. The van der Waals surface area contributed by atoms with Gasteiger partial charge in [0.1, 0.15) is 4.60 Å². The summed E-state index contributed by atoms with van der Waals surface area (Å²) in [4.78, 5) is 15.4. The summed E-state index contributed by atoms with van der Waals surface area (Å²) in [7, 11) is 1.65. The summed E-state index contributed by atoms with van der Waals surface area (Å²) >= 11 is 3.21. The van der Waals surface area contributed by atoms with E-state index in [4.69, 9.17) is 4.74 Å². The molecule has 74 valence electrons. The van der Waals surface area contributed by atoms with Crippen molar-refractivity contribution in [3.63, 3.8) is 0 Å². The number of carbonyl (C=O) groups excluding carboxylic acids is 1. The van der Waals surface area contributed by atoms with Crippen LogP contribution in [0, 0.1) is 0 Å². The van der Waals surface area contributed by atoms with E-state index in [0.717, 1.165) is 0 Å². The van der Waals surface area contributed by atoms with Crippen LogP contribution in [0.3, 0.4) is 0 Å². The first-order valence-electron chi connectivity index (χ1n) is 4.02. The van der Waals surface area contributed by atoms with Crippen molar-refractivity contribution in [2.75, 3.05) is 12.4 Å². The normalized spacial score (nSPS) is 19.6. The lowest BCUT2D eigenvalue weighted by Crippen LogP contribution is -2.45. The molecule has 6 heteroatoms. The molecule has 14 heavy (non-hydrogen) atoms. The average Bonchev–Trinajstić information content (AvgIpc) is 2.16. The highest BCUT2D eigenvalue weighted by atomic mass is 79.9. The Balaban J connectivity index is 2.35. The summed E-state index contributed by atoms with van der Waals surface area (Å²) in [5.41, 5.74) is 0. The maximum absolute atomic E-state index is 11.3. The molecule has 1 aromatic heterocycles. The Hall–Kier alpha value is -1.14. The third kappa shape index (κ3) is 1.58. The molecule has 1 aromatic rings. The number of hydrogen-bond donors (Lipinski definition) is 2. The van der Waals surface area contributed by atoms with Crippen LogP contribution in [0.1, 0.15) is 0 Å². The molecule has 0 aliphatic carbocycles. The van der Waals surface area contributed by atoms with Gasteiger partial charge in [-0.15, -0.1) is 0 Å². The third-order valence-corrected chi connectivity index (χ3v) is 2.25. The van der Waals surface area contributed by atoms with Crippen LogP contribution in [0.25, 0.3) is 0 Å². The summed E-state index contributed by atoms with van der Waals surface area (Å²) < 4.78 is 6.00. The molecule has 0 saturated heterocycles. The molecule has 0 saturated carbocycles. The van der Waals surface area contributed by atoms with Crippen molar-refractivity contribution in [1.29, 1.82) is 0 Å². The Morgan fingerprint density at radius 3 is 3.14 bits per heavy atom. The number of nitrogens with zero attached hydrogens (tertiary/aromatic N) is 1. The van der Waals surface area contributed by atoms with Gasteiger partial charge in [0.15, 0.2) is 11.6 Å². The van der Waals surface area contributed by atoms with E-state index >= 15 is 0 Å². The lowest BCUT2D eigenvalue weighted by molar-refractivity contribution is -0.124. The van der Waals surface area contributed by atoms with E-state index in [1.165, 1.54) is 0 Å². The van der Waals surface area contributed by atoms with Crippen LogP contribution in [0.2, 0.25) is 0 Å². The summed E-state index contributed by atoms with van der Waals surface area (Å²) in [6.45, 7) is 0. The number of aromatic nitrogens is 1. The first kappa shape index (κ1) is 9.42. The van der Waals surface area contributed by atoms with Gasteiger partial charge in [0.25, 0.3) is 5.91 Å². The van der Waals surface area contributed by atoms with E-state index in [0.29, 0.717) is 16.2 Å².